The molecule has 0 fully saturated rings. The van der Waals surface area contributed by atoms with Crippen LogP contribution in [0.2, 0.25) is 0 Å². The number of nitrogens with one attached hydrogen (secondary N) is 2. The van der Waals surface area contributed by atoms with Crippen LogP contribution in [0.15, 0.2) is 48.5 Å². The molecular weight excluding hydrogens is 394 g/mol. The Morgan fingerprint density at radius 1 is 0.967 bits per heavy atom. The molecular formula is C22H24F2N2O4. The van der Waals surface area contributed by atoms with E-state index in [1.54, 1.807) is 26.0 Å². The van der Waals surface area contributed by atoms with Crippen LogP contribution in [0.4, 0.5) is 14.5 Å². The van der Waals surface area contributed by atoms with E-state index < -0.39 is 35.7 Å². The van der Waals surface area contributed by atoms with E-state index in [1.807, 2.05) is 18.2 Å². The van der Waals surface area contributed by atoms with Crippen molar-refractivity contribution in [2.75, 3.05) is 5.32 Å². The van der Waals surface area contributed by atoms with Crippen molar-refractivity contribution in [3.8, 4) is 0 Å². The van der Waals surface area contributed by atoms with Gasteiger partial charge in [-0.25, -0.2) is 13.6 Å². The monoisotopic (exact) mass is 418 g/mol. The van der Waals surface area contributed by atoms with Crippen LogP contribution in [0.5, 0.6) is 0 Å². The first kappa shape index (κ1) is 23.0. The van der Waals surface area contributed by atoms with Crippen LogP contribution in [0.3, 0.4) is 0 Å². The van der Waals surface area contributed by atoms with E-state index >= 15 is 0 Å². The summed E-state index contributed by atoms with van der Waals surface area (Å²) in [6.07, 6.45) is -1.11. The minimum Gasteiger partial charge on any atom is -0.451 e. The van der Waals surface area contributed by atoms with E-state index in [-0.39, 0.29) is 23.9 Å². The summed E-state index contributed by atoms with van der Waals surface area (Å²) in [4.78, 5) is 37.0. The van der Waals surface area contributed by atoms with Crippen molar-refractivity contribution >= 4 is 23.5 Å². The maximum Gasteiger partial charge on any atom is 0.329 e. The molecule has 2 N–H and O–H groups in total. The largest absolute Gasteiger partial charge is 0.451 e. The topological polar surface area (TPSA) is 84.5 Å². The quantitative estimate of drug-likeness (QED) is 0.645. The van der Waals surface area contributed by atoms with E-state index in [2.05, 4.69) is 10.6 Å². The number of halogens is 2. The summed E-state index contributed by atoms with van der Waals surface area (Å²) in [6.45, 7) is 4.82. The highest BCUT2D eigenvalue weighted by Gasteiger charge is 2.29. The predicted octanol–water partition coefficient (Wildman–Crippen LogP) is 3.22. The van der Waals surface area contributed by atoms with Gasteiger partial charge in [0.2, 0.25) is 5.91 Å². The minimum absolute atomic E-state index is 0.0263. The van der Waals surface area contributed by atoms with Gasteiger partial charge in [0.15, 0.2) is 17.7 Å². The van der Waals surface area contributed by atoms with Crippen molar-refractivity contribution in [2.24, 2.45) is 5.92 Å². The summed E-state index contributed by atoms with van der Waals surface area (Å²) in [5.41, 5.74) is 0.823. The number of benzene rings is 2. The number of rotatable bonds is 8. The maximum absolute atomic E-state index is 13.3. The minimum atomic E-state index is -1.21. The smallest absolute Gasteiger partial charge is 0.329 e. The van der Waals surface area contributed by atoms with Crippen molar-refractivity contribution in [1.29, 1.82) is 0 Å². The SMILES string of the molecule is CC(C)[C@H](NC(=O)Cc1ccccc1)C(=O)O[C@H](C)C(=O)Nc1ccc(F)c(F)c1. The van der Waals surface area contributed by atoms with Gasteiger partial charge in [0.25, 0.3) is 5.91 Å². The van der Waals surface area contributed by atoms with Gasteiger partial charge in [-0.1, -0.05) is 44.2 Å². The van der Waals surface area contributed by atoms with Crippen LogP contribution in [0.25, 0.3) is 0 Å². The molecule has 0 spiro atoms. The lowest BCUT2D eigenvalue weighted by Crippen LogP contribution is -2.47. The number of esters is 1. The van der Waals surface area contributed by atoms with Crippen molar-refractivity contribution in [3.05, 3.63) is 65.7 Å². The average molecular weight is 418 g/mol. The number of carbonyl (C=O) groups excluding carboxylic acids is 3. The zero-order chi connectivity index (χ0) is 22.3. The lowest BCUT2D eigenvalue weighted by atomic mass is 10.0. The predicted molar refractivity (Wildman–Crippen MR) is 107 cm³/mol. The van der Waals surface area contributed by atoms with Crippen LogP contribution in [-0.2, 0) is 25.5 Å². The molecule has 30 heavy (non-hydrogen) atoms. The molecule has 0 radical (unpaired) electrons. The summed E-state index contributed by atoms with van der Waals surface area (Å²) < 4.78 is 31.4. The second-order valence-electron chi connectivity index (χ2n) is 7.15. The zero-order valence-corrected chi connectivity index (χ0v) is 16.9. The standard InChI is InChI=1S/C22H24F2N2O4/c1-13(2)20(26-19(27)11-15-7-5-4-6-8-15)22(29)30-14(3)21(28)25-16-9-10-17(23)18(24)12-16/h4-10,12-14,20H,11H2,1-3H3,(H,25,28)(H,26,27)/t14-,20+/m1/s1. The van der Waals surface area contributed by atoms with Crippen molar-refractivity contribution in [1.82, 2.24) is 5.32 Å². The summed E-state index contributed by atoms with van der Waals surface area (Å²) >= 11 is 0. The highest BCUT2D eigenvalue weighted by molar-refractivity contribution is 5.95. The summed E-state index contributed by atoms with van der Waals surface area (Å²) in [5, 5.41) is 4.98. The van der Waals surface area contributed by atoms with Gasteiger partial charge < -0.3 is 15.4 Å². The van der Waals surface area contributed by atoms with Crippen molar-refractivity contribution in [3.63, 3.8) is 0 Å². The number of hydrogen-bond donors (Lipinski definition) is 2. The molecule has 0 aliphatic carbocycles. The van der Waals surface area contributed by atoms with Crippen LogP contribution in [0, 0.1) is 17.6 Å². The van der Waals surface area contributed by atoms with Gasteiger partial charge in [-0.3, -0.25) is 9.59 Å². The fourth-order valence-corrected chi connectivity index (χ4v) is 2.62. The summed E-state index contributed by atoms with van der Waals surface area (Å²) in [7, 11) is 0. The molecule has 2 rings (SSSR count). The van der Waals surface area contributed by atoms with E-state index in [4.69, 9.17) is 4.74 Å². The number of anilines is 1. The lowest BCUT2D eigenvalue weighted by molar-refractivity contribution is -0.157. The van der Waals surface area contributed by atoms with Crippen molar-refractivity contribution in [2.45, 2.75) is 39.3 Å². The van der Waals surface area contributed by atoms with Gasteiger partial charge in [0.1, 0.15) is 6.04 Å². The highest BCUT2D eigenvalue weighted by Crippen LogP contribution is 2.14. The number of carbonyl (C=O) groups is 3. The van der Waals surface area contributed by atoms with Crippen LogP contribution in [0.1, 0.15) is 26.3 Å². The Hall–Kier alpha value is -3.29. The number of ether oxygens (including phenoxy) is 1. The van der Waals surface area contributed by atoms with E-state index in [0.29, 0.717) is 0 Å². The molecule has 0 heterocycles. The van der Waals surface area contributed by atoms with Gasteiger partial charge in [0, 0.05) is 11.8 Å². The second-order valence-corrected chi connectivity index (χ2v) is 7.15. The third-order valence-corrected chi connectivity index (χ3v) is 4.29. The zero-order valence-electron chi connectivity index (χ0n) is 16.9. The fourth-order valence-electron chi connectivity index (χ4n) is 2.62. The molecule has 0 saturated heterocycles. The maximum atomic E-state index is 13.3. The average Bonchev–Trinajstić information content (AvgIpc) is 2.69. The summed E-state index contributed by atoms with van der Waals surface area (Å²) in [6, 6.07) is 11.0. The molecule has 0 aromatic heterocycles. The Morgan fingerprint density at radius 3 is 2.23 bits per heavy atom. The molecule has 0 bridgehead atoms. The Balaban J connectivity index is 1.94. The molecule has 0 aliphatic heterocycles. The first-order chi connectivity index (χ1) is 14.2. The van der Waals surface area contributed by atoms with Crippen LogP contribution >= 0.6 is 0 Å². The molecule has 2 atom stereocenters. The second kappa shape index (κ2) is 10.5. The van der Waals surface area contributed by atoms with Crippen LogP contribution < -0.4 is 10.6 Å². The molecule has 8 heteroatoms. The highest BCUT2D eigenvalue weighted by atomic mass is 19.2. The van der Waals surface area contributed by atoms with Crippen molar-refractivity contribution < 1.29 is 27.9 Å². The van der Waals surface area contributed by atoms with Gasteiger partial charge in [-0.05, 0) is 30.5 Å². The number of amides is 2. The van der Waals surface area contributed by atoms with E-state index in [9.17, 15) is 23.2 Å². The fraction of sp³-hybridized carbons (Fsp3) is 0.318. The Labute approximate surface area is 173 Å². The van der Waals surface area contributed by atoms with Gasteiger partial charge in [0.05, 0.1) is 6.42 Å². The molecule has 0 saturated carbocycles. The molecule has 0 aliphatic rings. The first-order valence-corrected chi connectivity index (χ1v) is 9.47. The molecule has 6 nitrogen and oxygen atoms in total. The van der Waals surface area contributed by atoms with E-state index in [0.717, 1.165) is 17.7 Å². The first-order valence-electron chi connectivity index (χ1n) is 9.47. The lowest BCUT2D eigenvalue weighted by Gasteiger charge is -2.23. The van der Waals surface area contributed by atoms with E-state index in [1.165, 1.54) is 13.0 Å². The number of hydrogen-bond acceptors (Lipinski definition) is 4. The van der Waals surface area contributed by atoms with Gasteiger partial charge in [-0.15, -0.1) is 0 Å². The molecule has 2 aromatic rings. The van der Waals surface area contributed by atoms with Gasteiger partial charge in [-0.2, -0.15) is 0 Å². The molecule has 160 valence electrons. The third kappa shape index (κ3) is 6.65. The molecule has 0 unspecified atom stereocenters. The Bertz CT molecular complexity index is 903. The molecule has 2 aromatic carbocycles. The summed E-state index contributed by atoms with van der Waals surface area (Å²) in [5.74, 6) is -4.27. The Morgan fingerprint density at radius 2 is 1.63 bits per heavy atom. The third-order valence-electron chi connectivity index (χ3n) is 4.29. The van der Waals surface area contributed by atoms with Crippen LogP contribution in [-0.4, -0.2) is 29.9 Å². The Kier molecular flexibility index (Phi) is 8.03. The normalized spacial score (nSPS) is 12.7. The molecule has 2 amide bonds. The van der Waals surface area contributed by atoms with Gasteiger partial charge >= 0.3 is 5.97 Å².